The first-order valence-corrected chi connectivity index (χ1v) is 7.13. The number of nitrogens with two attached hydrogens (primary N) is 1. The maximum atomic E-state index is 12.5. The van der Waals surface area contributed by atoms with Crippen molar-refractivity contribution in [2.45, 2.75) is 30.7 Å². The number of nitrogens with zero attached hydrogens (tertiary/aromatic N) is 3. The molecule has 1 aromatic heterocycles. The molecule has 0 spiro atoms. The van der Waals surface area contributed by atoms with Crippen molar-refractivity contribution < 1.29 is 8.42 Å². The van der Waals surface area contributed by atoms with Crippen LogP contribution in [0.3, 0.4) is 0 Å². The average molecular weight is 258 g/mol. The first kappa shape index (κ1) is 12.5. The van der Waals surface area contributed by atoms with E-state index in [1.807, 2.05) is 0 Å². The second-order valence-electron chi connectivity index (χ2n) is 4.37. The minimum atomic E-state index is -3.44. The molecule has 1 saturated heterocycles. The highest BCUT2D eigenvalue weighted by Gasteiger charge is 2.36. The molecule has 0 aromatic carbocycles. The predicted octanol–water partition coefficient (Wildman–Crippen LogP) is -0.160. The Kier molecular flexibility index (Phi) is 3.24. The summed E-state index contributed by atoms with van der Waals surface area (Å²) in [6.45, 7) is 2.69. The van der Waals surface area contributed by atoms with Gasteiger partial charge in [0.2, 0.25) is 10.0 Å². The fraction of sp³-hybridized carbons (Fsp3) is 0.700. The first-order chi connectivity index (χ1) is 7.98. The summed E-state index contributed by atoms with van der Waals surface area (Å²) in [6, 6.07) is -0.0698. The topological polar surface area (TPSA) is 81.2 Å². The lowest BCUT2D eigenvalue weighted by atomic mass is 10.2. The van der Waals surface area contributed by atoms with Gasteiger partial charge in [-0.05, 0) is 19.8 Å². The van der Waals surface area contributed by atoms with Crippen LogP contribution in [0.1, 0.15) is 18.5 Å². The number of hydrogen-bond donors (Lipinski definition) is 1. The lowest BCUT2D eigenvalue weighted by Gasteiger charge is -2.22. The van der Waals surface area contributed by atoms with Crippen molar-refractivity contribution in [3.05, 3.63) is 11.9 Å². The Morgan fingerprint density at radius 1 is 1.59 bits per heavy atom. The van der Waals surface area contributed by atoms with Crippen molar-refractivity contribution in [2.24, 2.45) is 12.8 Å². The molecule has 2 heterocycles. The number of aryl methyl sites for hydroxylation is 1. The molecule has 1 fully saturated rings. The molecule has 0 amide bonds. The van der Waals surface area contributed by atoms with Gasteiger partial charge in [-0.2, -0.15) is 9.40 Å². The summed E-state index contributed by atoms with van der Waals surface area (Å²) in [7, 11) is -1.70. The second kappa shape index (κ2) is 4.40. The number of rotatable bonds is 3. The SMILES string of the molecule is Cc1c(S(=O)(=O)N2CCCC2CN)cnn1C. The van der Waals surface area contributed by atoms with Crippen LogP contribution in [-0.4, -0.2) is 41.6 Å². The van der Waals surface area contributed by atoms with Crippen molar-refractivity contribution >= 4 is 10.0 Å². The van der Waals surface area contributed by atoms with Gasteiger partial charge in [0, 0.05) is 26.2 Å². The van der Waals surface area contributed by atoms with E-state index < -0.39 is 10.0 Å². The largest absolute Gasteiger partial charge is 0.329 e. The van der Waals surface area contributed by atoms with Gasteiger partial charge < -0.3 is 5.73 Å². The summed E-state index contributed by atoms with van der Waals surface area (Å²) in [6.07, 6.45) is 3.13. The summed E-state index contributed by atoms with van der Waals surface area (Å²) in [5, 5.41) is 3.98. The Labute approximate surface area is 101 Å². The van der Waals surface area contributed by atoms with E-state index in [2.05, 4.69) is 5.10 Å². The van der Waals surface area contributed by atoms with Crippen LogP contribution >= 0.6 is 0 Å². The van der Waals surface area contributed by atoms with E-state index in [0.29, 0.717) is 23.7 Å². The van der Waals surface area contributed by atoms with E-state index in [9.17, 15) is 8.42 Å². The third-order valence-electron chi connectivity index (χ3n) is 3.37. The molecule has 2 rings (SSSR count). The van der Waals surface area contributed by atoms with Crippen LogP contribution < -0.4 is 5.73 Å². The molecule has 1 atom stereocenters. The Morgan fingerprint density at radius 2 is 2.29 bits per heavy atom. The van der Waals surface area contributed by atoms with Crippen LogP contribution in [0.25, 0.3) is 0 Å². The van der Waals surface area contributed by atoms with E-state index in [1.54, 1.807) is 18.7 Å². The molecule has 1 aliphatic heterocycles. The molecule has 96 valence electrons. The van der Waals surface area contributed by atoms with E-state index in [0.717, 1.165) is 12.8 Å². The van der Waals surface area contributed by atoms with Gasteiger partial charge in [0.1, 0.15) is 4.90 Å². The van der Waals surface area contributed by atoms with Gasteiger partial charge in [-0.15, -0.1) is 0 Å². The molecule has 1 unspecified atom stereocenters. The van der Waals surface area contributed by atoms with Crippen LogP contribution in [0.15, 0.2) is 11.1 Å². The van der Waals surface area contributed by atoms with Crippen molar-refractivity contribution in [3.8, 4) is 0 Å². The predicted molar refractivity (Wildman–Crippen MR) is 63.9 cm³/mol. The van der Waals surface area contributed by atoms with Gasteiger partial charge in [-0.25, -0.2) is 8.42 Å². The number of hydrogen-bond acceptors (Lipinski definition) is 4. The standard InChI is InChI=1S/C10H18N4O2S/c1-8-10(7-12-13(8)2)17(15,16)14-5-3-4-9(14)6-11/h7,9H,3-6,11H2,1-2H3. The van der Waals surface area contributed by atoms with E-state index in [4.69, 9.17) is 5.73 Å². The fourth-order valence-electron chi connectivity index (χ4n) is 2.22. The molecule has 2 N–H and O–H groups in total. The summed E-state index contributed by atoms with van der Waals surface area (Å²) >= 11 is 0. The second-order valence-corrected chi connectivity index (χ2v) is 6.22. The molecule has 1 aliphatic rings. The molecule has 6 nitrogen and oxygen atoms in total. The number of aromatic nitrogens is 2. The molecular weight excluding hydrogens is 240 g/mol. The summed E-state index contributed by atoms with van der Waals surface area (Å²) in [5.74, 6) is 0. The zero-order chi connectivity index (χ0) is 12.6. The van der Waals surface area contributed by atoms with Crippen molar-refractivity contribution in [1.29, 1.82) is 0 Å². The zero-order valence-corrected chi connectivity index (χ0v) is 10.9. The Balaban J connectivity index is 2.40. The quantitative estimate of drug-likeness (QED) is 0.817. The fourth-order valence-corrected chi connectivity index (χ4v) is 4.11. The maximum absolute atomic E-state index is 12.5. The molecule has 0 bridgehead atoms. The van der Waals surface area contributed by atoms with Crippen molar-refractivity contribution in [2.75, 3.05) is 13.1 Å². The van der Waals surface area contributed by atoms with Gasteiger partial charge in [-0.1, -0.05) is 0 Å². The first-order valence-electron chi connectivity index (χ1n) is 5.69. The van der Waals surface area contributed by atoms with Crippen LogP contribution in [0.5, 0.6) is 0 Å². The zero-order valence-electron chi connectivity index (χ0n) is 10.1. The Bertz CT molecular complexity index is 508. The highest BCUT2D eigenvalue weighted by atomic mass is 32.2. The normalized spacial score (nSPS) is 22.2. The van der Waals surface area contributed by atoms with E-state index >= 15 is 0 Å². The minimum absolute atomic E-state index is 0.0698. The molecule has 1 aromatic rings. The Hall–Kier alpha value is -0.920. The molecular formula is C10H18N4O2S. The molecule has 17 heavy (non-hydrogen) atoms. The highest BCUT2D eigenvalue weighted by Crippen LogP contribution is 2.26. The van der Waals surface area contributed by atoms with Gasteiger partial charge in [0.25, 0.3) is 0 Å². The van der Waals surface area contributed by atoms with Gasteiger partial charge in [0.05, 0.1) is 11.9 Å². The van der Waals surface area contributed by atoms with Crippen LogP contribution in [-0.2, 0) is 17.1 Å². The molecule has 0 saturated carbocycles. The summed E-state index contributed by atoms with van der Waals surface area (Å²) < 4.78 is 28.0. The summed E-state index contributed by atoms with van der Waals surface area (Å²) in [5.41, 5.74) is 6.28. The van der Waals surface area contributed by atoms with Gasteiger partial charge >= 0.3 is 0 Å². The lowest BCUT2D eigenvalue weighted by molar-refractivity contribution is 0.392. The van der Waals surface area contributed by atoms with E-state index in [-0.39, 0.29) is 6.04 Å². The highest BCUT2D eigenvalue weighted by molar-refractivity contribution is 7.89. The number of sulfonamides is 1. The minimum Gasteiger partial charge on any atom is -0.329 e. The monoisotopic (exact) mass is 258 g/mol. The average Bonchev–Trinajstić information content (AvgIpc) is 2.87. The Morgan fingerprint density at radius 3 is 2.82 bits per heavy atom. The lowest BCUT2D eigenvalue weighted by Crippen LogP contribution is -2.40. The van der Waals surface area contributed by atoms with Crippen molar-refractivity contribution in [3.63, 3.8) is 0 Å². The molecule has 7 heteroatoms. The van der Waals surface area contributed by atoms with Crippen molar-refractivity contribution in [1.82, 2.24) is 14.1 Å². The maximum Gasteiger partial charge on any atom is 0.246 e. The smallest absolute Gasteiger partial charge is 0.246 e. The third-order valence-corrected chi connectivity index (χ3v) is 5.43. The molecule has 0 aliphatic carbocycles. The van der Waals surface area contributed by atoms with Crippen LogP contribution in [0.2, 0.25) is 0 Å². The molecule has 0 radical (unpaired) electrons. The van der Waals surface area contributed by atoms with E-state index in [1.165, 1.54) is 10.5 Å². The van der Waals surface area contributed by atoms with Gasteiger partial charge in [-0.3, -0.25) is 4.68 Å². The van der Waals surface area contributed by atoms with Crippen LogP contribution in [0.4, 0.5) is 0 Å². The third kappa shape index (κ3) is 1.98. The van der Waals surface area contributed by atoms with Gasteiger partial charge in [0.15, 0.2) is 0 Å². The summed E-state index contributed by atoms with van der Waals surface area (Å²) in [4.78, 5) is 0.292. The van der Waals surface area contributed by atoms with Crippen LogP contribution in [0, 0.1) is 6.92 Å².